The molecule has 2 heterocycles. The van der Waals surface area contributed by atoms with Crippen molar-refractivity contribution >= 4 is 43.9 Å². The first kappa shape index (κ1) is 22.1. The topological polar surface area (TPSA) is 129 Å². The molecule has 0 amide bonds. The quantitative estimate of drug-likeness (QED) is 0.202. The minimum atomic E-state index is -1.61. The van der Waals surface area contributed by atoms with Crippen molar-refractivity contribution in [3.8, 4) is 23.0 Å². The van der Waals surface area contributed by atoms with Crippen LogP contribution in [0.1, 0.15) is 27.0 Å². The molecule has 1 aliphatic rings. The number of nitrogens with zero attached hydrogens (tertiary/aromatic N) is 1. The van der Waals surface area contributed by atoms with Crippen LogP contribution in [0.3, 0.4) is 0 Å². The number of carboxylic acid groups (broad SMARTS) is 2. The van der Waals surface area contributed by atoms with Crippen LogP contribution < -0.4 is 5.73 Å². The number of carboxylic acids is 1. The van der Waals surface area contributed by atoms with Crippen molar-refractivity contribution in [1.82, 2.24) is 4.98 Å². The van der Waals surface area contributed by atoms with Gasteiger partial charge in [0.25, 0.3) is 0 Å². The third kappa shape index (κ3) is 4.28. The molecule has 172 valence electrons. The average molecular weight is 482 g/mol. The standard InChI is InChI=1S/C27H19N3O4S/c28-26-30-23(15-35(26)27(33)34)17-7-4-16(5-8-17)6-9-19-2-1-3-21(25(31)32)24(19)20-11-10-18-12-13-29-22(18)14-20/h1-5,7-8,10-15,29,35H,(H2,28,30)(H,31,32)(H,33,34). The second-order valence-corrected chi connectivity index (χ2v) is 9.62. The molecule has 4 aromatic rings. The lowest BCUT2D eigenvalue weighted by atomic mass is 9.93. The summed E-state index contributed by atoms with van der Waals surface area (Å²) in [4.78, 5) is 30.6. The lowest BCUT2D eigenvalue weighted by Crippen LogP contribution is -2.12. The fraction of sp³-hybridized carbons (Fsp3) is 0. The van der Waals surface area contributed by atoms with E-state index in [9.17, 15) is 19.8 Å². The summed E-state index contributed by atoms with van der Waals surface area (Å²) < 4.78 is 0. The molecule has 3 aromatic carbocycles. The van der Waals surface area contributed by atoms with Crippen molar-refractivity contribution in [2.75, 3.05) is 0 Å². The summed E-state index contributed by atoms with van der Waals surface area (Å²) in [6.45, 7) is 0. The number of nitrogens with two attached hydrogens (primary N) is 1. The predicted octanol–water partition coefficient (Wildman–Crippen LogP) is 5.24. The molecular weight excluding hydrogens is 462 g/mol. The molecule has 0 saturated heterocycles. The van der Waals surface area contributed by atoms with Gasteiger partial charge in [0.15, 0.2) is 5.17 Å². The SMILES string of the molecule is NC1=NC(c2ccc(C#Cc3cccc(C(=O)O)c3-c3ccc4cc[nH]c4c3)cc2)=C[SH]1C(=O)O. The Morgan fingerprint density at radius 3 is 2.43 bits per heavy atom. The number of aliphatic imine (C=N–C) groups is 1. The normalized spacial score (nSPS) is 15.7. The number of aromatic nitrogens is 1. The molecule has 35 heavy (non-hydrogen) atoms. The van der Waals surface area contributed by atoms with Gasteiger partial charge >= 0.3 is 11.3 Å². The van der Waals surface area contributed by atoms with Crippen molar-refractivity contribution in [3.63, 3.8) is 0 Å². The molecule has 0 bridgehead atoms. The van der Waals surface area contributed by atoms with Gasteiger partial charge in [0.05, 0.1) is 11.3 Å². The maximum absolute atomic E-state index is 12.0. The Morgan fingerprint density at radius 2 is 1.71 bits per heavy atom. The fourth-order valence-corrected chi connectivity index (χ4v) is 5.01. The molecule has 8 heteroatoms. The number of aromatic carboxylic acids is 1. The van der Waals surface area contributed by atoms with Gasteiger partial charge in [-0.3, -0.25) is 0 Å². The first-order valence-corrected chi connectivity index (χ1v) is 12.0. The van der Waals surface area contributed by atoms with Crippen molar-refractivity contribution in [2.24, 2.45) is 10.7 Å². The van der Waals surface area contributed by atoms with E-state index in [1.165, 1.54) is 0 Å². The fourth-order valence-electron chi connectivity index (χ4n) is 3.90. The smallest absolute Gasteiger partial charge is 0.354 e. The van der Waals surface area contributed by atoms with E-state index >= 15 is 0 Å². The van der Waals surface area contributed by atoms with E-state index in [-0.39, 0.29) is 10.7 Å². The lowest BCUT2D eigenvalue weighted by Gasteiger charge is -2.10. The van der Waals surface area contributed by atoms with Gasteiger partial charge in [-0.15, -0.1) is 0 Å². The Hall–Kier alpha value is -4.74. The Morgan fingerprint density at radius 1 is 0.943 bits per heavy atom. The second-order valence-electron chi connectivity index (χ2n) is 7.78. The number of carbonyl (C=O) groups is 2. The molecule has 1 aromatic heterocycles. The van der Waals surface area contributed by atoms with E-state index in [0.29, 0.717) is 16.8 Å². The predicted molar refractivity (Wildman–Crippen MR) is 140 cm³/mol. The van der Waals surface area contributed by atoms with Gasteiger partial charge in [0.2, 0.25) is 0 Å². The molecule has 0 fully saturated rings. The van der Waals surface area contributed by atoms with Crippen LogP contribution in [0.5, 0.6) is 0 Å². The highest BCUT2D eigenvalue weighted by Crippen LogP contribution is 2.39. The van der Waals surface area contributed by atoms with E-state index < -0.39 is 22.2 Å². The number of amidine groups is 1. The van der Waals surface area contributed by atoms with Crippen molar-refractivity contribution < 1.29 is 19.8 Å². The van der Waals surface area contributed by atoms with Crippen LogP contribution in [-0.2, 0) is 0 Å². The number of aromatic amines is 1. The maximum Gasteiger partial charge on any atom is 0.354 e. The zero-order chi connectivity index (χ0) is 24.5. The molecule has 0 aliphatic carbocycles. The molecule has 0 spiro atoms. The molecular formula is C27H19N3O4S. The molecule has 5 N–H and O–H groups in total. The van der Waals surface area contributed by atoms with Gasteiger partial charge in [0, 0.05) is 34.0 Å². The summed E-state index contributed by atoms with van der Waals surface area (Å²) in [6, 6.07) is 20.0. The highest BCUT2D eigenvalue weighted by Gasteiger charge is 2.22. The Balaban J connectivity index is 1.50. The Bertz CT molecular complexity index is 1620. The summed E-state index contributed by atoms with van der Waals surface area (Å²) in [5.41, 5.74) is 10.8. The minimum Gasteiger partial charge on any atom is -0.478 e. The van der Waals surface area contributed by atoms with Crippen LogP contribution in [0.15, 0.2) is 83.3 Å². The highest BCUT2D eigenvalue weighted by molar-refractivity contribution is 8.43. The van der Waals surface area contributed by atoms with Crippen LogP contribution in [0, 0.1) is 11.8 Å². The van der Waals surface area contributed by atoms with Gasteiger partial charge in [-0.25, -0.2) is 14.6 Å². The van der Waals surface area contributed by atoms with E-state index in [0.717, 1.165) is 27.6 Å². The highest BCUT2D eigenvalue weighted by atomic mass is 32.2. The Labute approximate surface area is 203 Å². The number of rotatable bonds is 3. The van der Waals surface area contributed by atoms with Crippen LogP contribution in [0.2, 0.25) is 0 Å². The van der Waals surface area contributed by atoms with Crippen LogP contribution in [0.25, 0.3) is 27.7 Å². The molecule has 0 radical (unpaired) electrons. The first-order valence-electron chi connectivity index (χ1n) is 10.5. The van der Waals surface area contributed by atoms with Crippen LogP contribution in [0.4, 0.5) is 4.79 Å². The van der Waals surface area contributed by atoms with E-state index in [1.54, 1.807) is 35.7 Å². The number of hydrogen-bond acceptors (Lipinski definition) is 4. The number of thiol groups is 1. The number of hydrogen-bond donors (Lipinski definition) is 5. The van der Waals surface area contributed by atoms with Gasteiger partial charge in [-0.05, 0) is 52.8 Å². The monoisotopic (exact) mass is 481 g/mol. The molecule has 1 aliphatic heterocycles. The summed E-state index contributed by atoms with van der Waals surface area (Å²) >= 11 is 0. The molecule has 0 saturated carbocycles. The van der Waals surface area contributed by atoms with Gasteiger partial charge in [0.1, 0.15) is 0 Å². The number of H-pyrrole nitrogens is 1. The largest absolute Gasteiger partial charge is 0.478 e. The van der Waals surface area contributed by atoms with Gasteiger partial charge in [-0.2, -0.15) is 0 Å². The summed E-state index contributed by atoms with van der Waals surface area (Å²) in [5, 5.41) is 20.8. The van der Waals surface area contributed by atoms with E-state index in [1.807, 2.05) is 42.6 Å². The third-order valence-corrected chi connectivity index (χ3v) is 7.11. The van der Waals surface area contributed by atoms with Crippen molar-refractivity contribution in [3.05, 3.63) is 101 Å². The summed E-state index contributed by atoms with van der Waals surface area (Å²) in [7, 11) is -1.61. The zero-order valence-corrected chi connectivity index (χ0v) is 19.1. The van der Waals surface area contributed by atoms with E-state index in [4.69, 9.17) is 5.73 Å². The Kier molecular flexibility index (Phi) is 5.61. The van der Waals surface area contributed by atoms with E-state index in [2.05, 4.69) is 21.8 Å². The number of benzene rings is 3. The maximum atomic E-state index is 12.0. The number of nitrogens with one attached hydrogen (secondary N) is 1. The first-order chi connectivity index (χ1) is 16.9. The summed E-state index contributed by atoms with van der Waals surface area (Å²) in [5.74, 6) is 5.20. The third-order valence-electron chi connectivity index (χ3n) is 5.60. The second kappa shape index (κ2) is 8.89. The molecule has 1 atom stereocenters. The molecule has 5 rings (SSSR count). The van der Waals surface area contributed by atoms with Crippen molar-refractivity contribution in [2.45, 2.75) is 0 Å². The van der Waals surface area contributed by atoms with Gasteiger partial charge < -0.3 is 20.9 Å². The average Bonchev–Trinajstić information content (AvgIpc) is 3.48. The molecule has 7 nitrogen and oxygen atoms in total. The van der Waals surface area contributed by atoms with Crippen LogP contribution in [-0.4, -0.2) is 31.6 Å². The molecule has 1 unspecified atom stereocenters. The van der Waals surface area contributed by atoms with Crippen molar-refractivity contribution in [1.29, 1.82) is 0 Å². The lowest BCUT2D eigenvalue weighted by molar-refractivity contribution is 0.0697. The van der Waals surface area contributed by atoms with Crippen LogP contribution >= 0.6 is 10.9 Å². The zero-order valence-electron chi connectivity index (χ0n) is 18.2. The minimum absolute atomic E-state index is 0.120. The number of fused-ring (bicyclic) bond motifs is 1. The van der Waals surface area contributed by atoms with Gasteiger partial charge in [-0.1, -0.05) is 53.1 Å². The summed E-state index contributed by atoms with van der Waals surface area (Å²) in [6.07, 6.45) is 1.84.